The van der Waals surface area contributed by atoms with Gasteiger partial charge in [-0.05, 0) is 18.2 Å². The van der Waals surface area contributed by atoms with Crippen molar-refractivity contribution < 1.29 is 18.7 Å². The van der Waals surface area contributed by atoms with Gasteiger partial charge in [0, 0.05) is 17.1 Å². The molecule has 0 aliphatic carbocycles. The Morgan fingerprint density at radius 2 is 2.35 bits per heavy atom. The Morgan fingerprint density at radius 3 is 3.05 bits per heavy atom. The molecular formula is C14H14FNO3S. The number of carbonyl (C=O) groups is 1. The lowest BCUT2D eigenvalue weighted by Gasteiger charge is -2.03. The van der Waals surface area contributed by atoms with Gasteiger partial charge in [-0.1, -0.05) is 13.0 Å². The fraction of sp³-hybridized carbons (Fsp3) is 0.286. The summed E-state index contributed by atoms with van der Waals surface area (Å²) in [6.07, 6.45) is 1.51. The van der Waals surface area contributed by atoms with Gasteiger partial charge >= 0.3 is 5.97 Å². The first-order valence-electron chi connectivity index (χ1n) is 6.07. The average Bonchev–Trinajstić information content (AvgIpc) is 2.87. The quantitative estimate of drug-likeness (QED) is 0.884. The first-order valence-corrected chi connectivity index (χ1v) is 7.22. The summed E-state index contributed by atoms with van der Waals surface area (Å²) in [7, 11) is 0. The number of aromatic nitrogens is 1. The molecule has 2 rings (SSSR count). The number of hydrogen-bond acceptors (Lipinski definition) is 4. The topological polar surface area (TPSA) is 63.3 Å². The van der Waals surface area contributed by atoms with Crippen LogP contribution in [0.5, 0.6) is 0 Å². The number of carboxylic acid groups (broad SMARTS) is 1. The van der Waals surface area contributed by atoms with Crippen LogP contribution in [0.2, 0.25) is 0 Å². The number of halogens is 1. The van der Waals surface area contributed by atoms with Crippen LogP contribution in [0.3, 0.4) is 0 Å². The molecule has 1 aromatic carbocycles. The van der Waals surface area contributed by atoms with E-state index in [0.717, 1.165) is 0 Å². The molecule has 1 atom stereocenters. The van der Waals surface area contributed by atoms with E-state index in [1.165, 1.54) is 30.2 Å². The molecule has 20 heavy (non-hydrogen) atoms. The van der Waals surface area contributed by atoms with E-state index in [2.05, 4.69) is 4.98 Å². The van der Waals surface area contributed by atoms with Gasteiger partial charge < -0.3 is 9.52 Å². The second kappa shape index (κ2) is 6.56. The SMILES string of the molecule is CC(CSCc1coc(-c2cccc(F)c2)n1)C(=O)O. The molecule has 0 saturated carbocycles. The van der Waals surface area contributed by atoms with E-state index in [1.54, 1.807) is 19.1 Å². The van der Waals surface area contributed by atoms with Crippen molar-refractivity contribution in [2.75, 3.05) is 5.75 Å². The molecule has 0 radical (unpaired) electrons. The van der Waals surface area contributed by atoms with E-state index >= 15 is 0 Å². The monoisotopic (exact) mass is 295 g/mol. The van der Waals surface area contributed by atoms with Crippen LogP contribution in [-0.4, -0.2) is 21.8 Å². The zero-order chi connectivity index (χ0) is 14.5. The maximum absolute atomic E-state index is 13.1. The largest absolute Gasteiger partial charge is 0.481 e. The molecule has 1 N–H and O–H groups in total. The van der Waals surface area contributed by atoms with E-state index < -0.39 is 11.9 Å². The van der Waals surface area contributed by atoms with Gasteiger partial charge in [-0.15, -0.1) is 0 Å². The fourth-order valence-corrected chi connectivity index (χ4v) is 2.49. The summed E-state index contributed by atoms with van der Waals surface area (Å²) in [5, 5.41) is 8.77. The highest BCUT2D eigenvalue weighted by atomic mass is 32.2. The Kier molecular flexibility index (Phi) is 4.79. The van der Waals surface area contributed by atoms with Crippen LogP contribution < -0.4 is 0 Å². The van der Waals surface area contributed by atoms with Crippen LogP contribution in [-0.2, 0) is 10.5 Å². The highest BCUT2D eigenvalue weighted by Gasteiger charge is 2.12. The number of carboxylic acids is 1. The van der Waals surface area contributed by atoms with Crippen LogP contribution in [0.25, 0.3) is 11.5 Å². The summed E-state index contributed by atoms with van der Waals surface area (Å²) >= 11 is 1.48. The Labute approximate surface area is 120 Å². The molecule has 0 aliphatic heterocycles. The normalized spacial score (nSPS) is 12.3. The van der Waals surface area contributed by atoms with Crippen LogP contribution in [0.1, 0.15) is 12.6 Å². The molecular weight excluding hydrogens is 281 g/mol. The van der Waals surface area contributed by atoms with Gasteiger partial charge in [0.2, 0.25) is 5.89 Å². The third-order valence-electron chi connectivity index (χ3n) is 2.66. The number of hydrogen-bond donors (Lipinski definition) is 1. The first-order chi connectivity index (χ1) is 9.56. The molecule has 1 heterocycles. The second-order valence-electron chi connectivity index (χ2n) is 4.41. The standard InChI is InChI=1S/C14H14FNO3S/c1-9(14(17)18)7-20-8-12-6-19-13(16-12)10-3-2-4-11(15)5-10/h2-6,9H,7-8H2,1H3,(H,17,18). The van der Waals surface area contributed by atoms with Crippen molar-refractivity contribution in [1.29, 1.82) is 0 Å². The molecule has 1 unspecified atom stereocenters. The van der Waals surface area contributed by atoms with E-state index in [-0.39, 0.29) is 5.82 Å². The molecule has 6 heteroatoms. The highest BCUT2D eigenvalue weighted by molar-refractivity contribution is 7.98. The summed E-state index contributed by atoms with van der Waals surface area (Å²) in [5.74, 6) is -0.0977. The van der Waals surface area contributed by atoms with Crippen molar-refractivity contribution in [1.82, 2.24) is 4.98 Å². The number of benzene rings is 1. The Morgan fingerprint density at radius 1 is 1.55 bits per heavy atom. The third kappa shape index (κ3) is 3.84. The van der Waals surface area contributed by atoms with Gasteiger partial charge in [0.15, 0.2) is 0 Å². The molecule has 1 aromatic heterocycles. The van der Waals surface area contributed by atoms with E-state index in [4.69, 9.17) is 9.52 Å². The van der Waals surface area contributed by atoms with Gasteiger partial charge in [-0.3, -0.25) is 4.79 Å². The lowest BCUT2D eigenvalue weighted by Crippen LogP contribution is -2.11. The minimum absolute atomic E-state index is 0.341. The predicted octanol–water partition coefficient (Wildman–Crippen LogP) is 3.43. The smallest absolute Gasteiger partial charge is 0.307 e. The maximum Gasteiger partial charge on any atom is 0.307 e. The molecule has 2 aromatic rings. The molecule has 106 valence electrons. The van der Waals surface area contributed by atoms with Crippen LogP contribution in [0, 0.1) is 11.7 Å². The van der Waals surface area contributed by atoms with Crippen LogP contribution in [0.4, 0.5) is 4.39 Å². The number of nitrogens with zero attached hydrogens (tertiary/aromatic N) is 1. The highest BCUT2D eigenvalue weighted by Crippen LogP contribution is 2.22. The minimum atomic E-state index is -0.807. The molecule has 0 bridgehead atoms. The summed E-state index contributed by atoms with van der Waals surface area (Å²) < 4.78 is 18.4. The van der Waals surface area contributed by atoms with Gasteiger partial charge in [0.25, 0.3) is 0 Å². The molecule has 0 spiro atoms. The number of thioether (sulfide) groups is 1. The zero-order valence-electron chi connectivity index (χ0n) is 10.9. The Balaban J connectivity index is 1.94. The number of oxazole rings is 1. The summed E-state index contributed by atoms with van der Waals surface area (Å²) in [6.45, 7) is 1.66. The average molecular weight is 295 g/mol. The van der Waals surface area contributed by atoms with Crippen LogP contribution >= 0.6 is 11.8 Å². The molecule has 0 aliphatic rings. The maximum atomic E-state index is 13.1. The lowest BCUT2D eigenvalue weighted by molar-refractivity contribution is -0.140. The fourth-order valence-electron chi connectivity index (χ4n) is 1.54. The van der Waals surface area contributed by atoms with Crippen molar-refractivity contribution in [3.05, 3.63) is 42.0 Å². The lowest BCUT2D eigenvalue weighted by atomic mass is 10.2. The Bertz CT molecular complexity index is 600. The van der Waals surface area contributed by atoms with Crippen LogP contribution in [0.15, 0.2) is 34.9 Å². The van der Waals surface area contributed by atoms with Gasteiger partial charge in [0.05, 0.1) is 11.6 Å². The van der Waals surface area contributed by atoms with E-state index in [1.807, 2.05) is 0 Å². The van der Waals surface area contributed by atoms with Crippen molar-refractivity contribution >= 4 is 17.7 Å². The molecule has 0 fully saturated rings. The number of rotatable bonds is 6. The predicted molar refractivity (Wildman–Crippen MR) is 74.9 cm³/mol. The molecule has 0 saturated heterocycles. The minimum Gasteiger partial charge on any atom is -0.481 e. The van der Waals surface area contributed by atoms with Gasteiger partial charge in [0.1, 0.15) is 12.1 Å². The number of aliphatic carboxylic acids is 1. The van der Waals surface area contributed by atoms with Gasteiger partial charge in [-0.25, -0.2) is 9.37 Å². The van der Waals surface area contributed by atoms with Crippen molar-refractivity contribution in [2.24, 2.45) is 5.92 Å². The third-order valence-corrected chi connectivity index (χ3v) is 3.90. The van der Waals surface area contributed by atoms with Gasteiger partial charge in [-0.2, -0.15) is 11.8 Å². The van der Waals surface area contributed by atoms with Crippen molar-refractivity contribution in [3.8, 4) is 11.5 Å². The molecule has 0 amide bonds. The second-order valence-corrected chi connectivity index (χ2v) is 5.44. The van der Waals surface area contributed by atoms with Crippen molar-refractivity contribution in [3.63, 3.8) is 0 Å². The van der Waals surface area contributed by atoms with E-state index in [9.17, 15) is 9.18 Å². The summed E-state index contributed by atoms with van der Waals surface area (Å²) in [6, 6.07) is 6.03. The summed E-state index contributed by atoms with van der Waals surface area (Å²) in [4.78, 5) is 14.9. The Hall–Kier alpha value is -1.82. The summed E-state index contributed by atoms with van der Waals surface area (Å²) in [5.41, 5.74) is 1.30. The molecule has 4 nitrogen and oxygen atoms in total. The van der Waals surface area contributed by atoms with Crippen molar-refractivity contribution in [2.45, 2.75) is 12.7 Å². The first kappa shape index (κ1) is 14.6. The zero-order valence-corrected chi connectivity index (χ0v) is 11.7. The van der Waals surface area contributed by atoms with E-state index in [0.29, 0.717) is 28.7 Å².